The minimum Gasteiger partial charge on any atom is -0.445 e. The summed E-state index contributed by atoms with van der Waals surface area (Å²) >= 11 is 0. The Morgan fingerprint density at radius 1 is 0.750 bits per heavy atom. The van der Waals surface area contributed by atoms with Crippen molar-refractivity contribution >= 4 is 11.8 Å². The van der Waals surface area contributed by atoms with Gasteiger partial charge < -0.3 is 19.5 Å². The minimum atomic E-state index is -0.358. The van der Waals surface area contributed by atoms with Gasteiger partial charge in [-0.2, -0.15) is 0 Å². The van der Waals surface area contributed by atoms with Gasteiger partial charge in [-0.25, -0.2) is 9.97 Å². The quantitative estimate of drug-likeness (QED) is 0.703. The molecule has 0 radical (unpaired) electrons. The van der Waals surface area contributed by atoms with Crippen LogP contribution in [0.5, 0.6) is 0 Å². The number of hydrogen-bond donors (Lipinski definition) is 2. The van der Waals surface area contributed by atoms with Crippen molar-refractivity contribution in [1.82, 2.24) is 20.6 Å². The molecule has 5 rings (SSSR count). The van der Waals surface area contributed by atoms with Crippen molar-refractivity contribution in [2.45, 2.75) is 91.1 Å². The van der Waals surface area contributed by atoms with Crippen molar-refractivity contribution in [3.05, 3.63) is 34.7 Å². The molecule has 2 N–H and O–H groups in total. The third-order valence-corrected chi connectivity index (χ3v) is 7.44. The predicted molar refractivity (Wildman–Crippen MR) is 117 cm³/mol. The normalized spacial score (nSPS) is 25.8. The van der Waals surface area contributed by atoms with Crippen molar-refractivity contribution in [2.24, 2.45) is 10.8 Å². The fourth-order valence-corrected chi connectivity index (χ4v) is 5.56. The Bertz CT molecular complexity index is 989. The Kier molecular flexibility index (Phi) is 4.59. The van der Waals surface area contributed by atoms with Crippen molar-refractivity contribution in [3.63, 3.8) is 0 Å². The first-order valence-corrected chi connectivity index (χ1v) is 11.6. The van der Waals surface area contributed by atoms with E-state index in [1.807, 2.05) is 0 Å². The molecule has 8 nitrogen and oxygen atoms in total. The number of oxazole rings is 2. The summed E-state index contributed by atoms with van der Waals surface area (Å²) in [6, 6.07) is -0.289. The zero-order chi connectivity index (χ0) is 23.0. The highest BCUT2D eigenvalue weighted by Crippen LogP contribution is 2.54. The maximum absolute atomic E-state index is 13.0. The van der Waals surface area contributed by atoms with Crippen LogP contribution in [0.2, 0.25) is 0 Å². The third-order valence-electron chi connectivity index (χ3n) is 7.44. The fraction of sp³-hybridized carbons (Fsp3) is 0.667. The second kappa shape index (κ2) is 6.93. The number of aryl methyl sites for hydroxylation is 2. The first-order valence-electron chi connectivity index (χ1n) is 11.6. The molecule has 0 spiro atoms. The lowest BCUT2D eigenvalue weighted by Crippen LogP contribution is -2.77. The molecule has 0 saturated heterocycles. The summed E-state index contributed by atoms with van der Waals surface area (Å²) < 4.78 is 11.4. The Morgan fingerprint density at radius 2 is 1.09 bits per heavy atom. The van der Waals surface area contributed by atoms with Crippen LogP contribution < -0.4 is 10.6 Å². The molecule has 0 aliphatic heterocycles. The van der Waals surface area contributed by atoms with E-state index < -0.39 is 0 Å². The number of nitrogens with one attached hydrogen (secondary N) is 2. The highest BCUT2D eigenvalue weighted by Gasteiger charge is 2.63. The molecule has 8 heteroatoms. The summed E-state index contributed by atoms with van der Waals surface area (Å²) in [5, 5.41) is 6.32. The van der Waals surface area contributed by atoms with Crippen LogP contribution in [0, 0.1) is 24.7 Å². The number of rotatable bonds is 6. The highest BCUT2D eigenvalue weighted by atomic mass is 16.4. The van der Waals surface area contributed by atoms with E-state index >= 15 is 0 Å². The lowest BCUT2D eigenvalue weighted by molar-refractivity contribution is -0.0809. The first-order chi connectivity index (χ1) is 15.0. The van der Waals surface area contributed by atoms with Gasteiger partial charge in [-0.3, -0.25) is 9.59 Å². The standard InChI is InChI=1S/C24H32N4O4/c1-11-15(25-19(31-11)13-7-8-13)17(29)27-21-23(3,4)22(24(21,5)6)28-18(30)16-12(2)32-20(26-16)14-9-10-14/h13-14,21-22H,7-10H2,1-6H3,(H,27,29)(H,28,30). The van der Waals surface area contributed by atoms with Crippen LogP contribution in [0.25, 0.3) is 0 Å². The molecule has 3 aliphatic rings. The fourth-order valence-electron chi connectivity index (χ4n) is 5.56. The van der Waals surface area contributed by atoms with Gasteiger partial charge in [0.1, 0.15) is 11.5 Å². The lowest BCUT2D eigenvalue weighted by Gasteiger charge is -2.64. The first kappa shape index (κ1) is 21.2. The number of carbonyl (C=O) groups excluding carboxylic acids is 2. The summed E-state index contributed by atoms with van der Waals surface area (Å²) in [6.07, 6.45) is 4.27. The number of hydrogen-bond acceptors (Lipinski definition) is 6. The molecular weight excluding hydrogens is 408 g/mol. The molecular formula is C24H32N4O4. The Balaban J connectivity index is 1.29. The molecule has 2 aromatic heterocycles. The van der Waals surface area contributed by atoms with E-state index in [-0.39, 0.29) is 34.7 Å². The maximum Gasteiger partial charge on any atom is 0.273 e. The number of carbonyl (C=O) groups is 2. The highest BCUT2D eigenvalue weighted by molar-refractivity contribution is 5.94. The number of amides is 2. The van der Waals surface area contributed by atoms with Gasteiger partial charge in [-0.05, 0) is 39.5 Å². The zero-order valence-electron chi connectivity index (χ0n) is 19.7. The van der Waals surface area contributed by atoms with Crippen LogP contribution >= 0.6 is 0 Å². The molecule has 0 aromatic carbocycles. The molecule has 172 valence electrons. The van der Waals surface area contributed by atoms with Gasteiger partial charge in [0.25, 0.3) is 11.8 Å². The second-order valence-electron chi connectivity index (χ2n) is 10.9. The Labute approximate surface area is 187 Å². The van der Waals surface area contributed by atoms with E-state index in [0.717, 1.165) is 25.7 Å². The molecule has 0 atom stereocenters. The van der Waals surface area contributed by atoms with Crippen LogP contribution in [-0.4, -0.2) is 33.9 Å². The van der Waals surface area contributed by atoms with Crippen molar-refractivity contribution < 1.29 is 18.4 Å². The molecule has 0 unspecified atom stereocenters. The zero-order valence-corrected chi connectivity index (χ0v) is 19.7. The predicted octanol–water partition coefficient (Wildman–Crippen LogP) is 4.00. The van der Waals surface area contributed by atoms with Crippen molar-refractivity contribution in [1.29, 1.82) is 0 Å². The summed E-state index contributed by atoms with van der Waals surface area (Å²) in [4.78, 5) is 34.9. The van der Waals surface area contributed by atoms with E-state index in [1.165, 1.54) is 0 Å². The van der Waals surface area contributed by atoms with Crippen LogP contribution in [0.1, 0.15) is 109 Å². The Morgan fingerprint density at radius 3 is 1.41 bits per heavy atom. The van der Waals surface area contributed by atoms with E-state index in [0.29, 0.717) is 46.5 Å². The Hall–Kier alpha value is -2.64. The molecule has 3 saturated carbocycles. The van der Waals surface area contributed by atoms with Gasteiger partial charge in [0.2, 0.25) is 0 Å². The molecule has 2 aromatic rings. The molecule has 3 fully saturated rings. The average Bonchev–Trinajstić information content (AvgIpc) is 3.65. The van der Waals surface area contributed by atoms with Crippen LogP contribution in [0.3, 0.4) is 0 Å². The van der Waals surface area contributed by atoms with Crippen LogP contribution in [-0.2, 0) is 0 Å². The summed E-state index contributed by atoms with van der Waals surface area (Å²) in [6.45, 7) is 11.8. The van der Waals surface area contributed by atoms with Crippen LogP contribution in [0.15, 0.2) is 8.83 Å². The van der Waals surface area contributed by atoms with Gasteiger partial charge in [0, 0.05) is 34.7 Å². The van der Waals surface area contributed by atoms with E-state index in [4.69, 9.17) is 8.83 Å². The monoisotopic (exact) mass is 440 g/mol. The largest absolute Gasteiger partial charge is 0.445 e. The van der Waals surface area contributed by atoms with Crippen molar-refractivity contribution in [3.8, 4) is 0 Å². The smallest absolute Gasteiger partial charge is 0.273 e. The topological polar surface area (TPSA) is 110 Å². The number of nitrogens with zero attached hydrogens (tertiary/aromatic N) is 2. The maximum atomic E-state index is 13.0. The van der Waals surface area contributed by atoms with Gasteiger partial charge in [-0.1, -0.05) is 27.7 Å². The van der Waals surface area contributed by atoms with Gasteiger partial charge in [0.15, 0.2) is 23.2 Å². The molecule has 0 bridgehead atoms. The van der Waals surface area contributed by atoms with Gasteiger partial charge in [0.05, 0.1) is 0 Å². The third kappa shape index (κ3) is 3.35. The summed E-state index contributed by atoms with van der Waals surface area (Å²) in [5.74, 6) is 2.69. The summed E-state index contributed by atoms with van der Waals surface area (Å²) in [7, 11) is 0. The van der Waals surface area contributed by atoms with Crippen molar-refractivity contribution in [2.75, 3.05) is 0 Å². The average molecular weight is 441 g/mol. The van der Waals surface area contributed by atoms with E-state index in [2.05, 4.69) is 48.3 Å². The van der Waals surface area contributed by atoms with Gasteiger partial charge in [-0.15, -0.1) is 0 Å². The van der Waals surface area contributed by atoms with Crippen LogP contribution in [0.4, 0.5) is 0 Å². The molecule has 3 aliphatic carbocycles. The van der Waals surface area contributed by atoms with E-state index in [9.17, 15) is 9.59 Å². The minimum absolute atomic E-state index is 0.145. The number of aromatic nitrogens is 2. The molecule has 2 amide bonds. The summed E-state index contributed by atoms with van der Waals surface area (Å²) in [5.41, 5.74) is -0.000454. The molecule has 32 heavy (non-hydrogen) atoms. The second-order valence-corrected chi connectivity index (χ2v) is 10.9. The van der Waals surface area contributed by atoms with E-state index in [1.54, 1.807) is 13.8 Å². The lowest BCUT2D eigenvalue weighted by atomic mass is 9.48. The van der Waals surface area contributed by atoms with Gasteiger partial charge >= 0.3 is 0 Å². The SMILES string of the molecule is Cc1oc(C2CC2)nc1C(=O)NC1C(C)(C)C(NC(=O)c2nc(C3CC3)oc2C)C1(C)C. The molecule has 2 heterocycles.